The molecule has 92 valence electrons. The SMILES string of the molecule is Cc1ccc(C)n1-c1nnc(-n2cc(F)cn2)s1. The zero-order valence-electron chi connectivity index (χ0n) is 9.83. The zero-order chi connectivity index (χ0) is 12.7. The number of aromatic nitrogens is 5. The number of hydrogen-bond acceptors (Lipinski definition) is 4. The molecule has 0 amide bonds. The van der Waals surface area contributed by atoms with E-state index in [0.717, 1.165) is 22.7 Å². The lowest BCUT2D eigenvalue weighted by Gasteiger charge is -2.02. The highest BCUT2D eigenvalue weighted by Gasteiger charge is 2.12. The monoisotopic (exact) mass is 263 g/mol. The zero-order valence-corrected chi connectivity index (χ0v) is 10.6. The predicted octanol–water partition coefficient (Wildman–Crippen LogP) is 2.27. The normalized spacial score (nSPS) is 11.1. The summed E-state index contributed by atoms with van der Waals surface area (Å²) < 4.78 is 16.3. The molecule has 0 radical (unpaired) electrons. The van der Waals surface area contributed by atoms with Crippen LogP contribution in [0.2, 0.25) is 0 Å². The van der Waals surface area contributed by atoms with E-state index in [4.69, 9.17) is 0 Å². The highest BCUT2D eigenvalue weighted by Crippen LogP contribution is 2.22. The third-order valence-electron chi connectivity index (χ3n) is 2.61. The summed E-state index contributed by atoms with van der Waals surface area (Å²) in [5.41, 5.74) is 2.17. The van der Waals surface area contributed by atoms with Crippen LogP contribution in [-0.2, 0) is 0 Å². The molecule has 0 N–H and O–H groups in total. The number of aryl methyl sites for hydroxylation is 2. The fraction of sp³-hybridized carbons (Fsp3) is 0.182. The van der Waals surface area contributed by atoms with E-state index in [1.807, 2.05) is 30.5 Å². The van der Waals surface area contributed by atoms with Crippen LogP contribution >= 0.6 is 11.3 Å². The van der Waals surface area contributed by atoms with Crippen molar-refractivity contribution in [2.45, 2.75) is 13.8 Å². The first kappa shape index (κ1) is 11.1. The van der Waals surface area contributed by atoms with Crippen molar-refractivity contribution in [1.82, 2.24) is 24.5 Å². The maximum Gasteiger partial charge on any atom is 0.234 e. The Morgan fingerprint density at radius 2 is 1.78 bits per heavy atom. The summed E-state index contributed by atoms with van der Waals surface area (Å²) in [7, 11) is 0. The van der Waals surface area contributed by atoms with Crippen LogP contribution in [0.15, 0.2) is 24.5 Å². The van der Waals surface area contributed by atoms with Crippen LogP contribution in [0, 0.1) is 19.7 Å². The quantitative estimate of drug-likeness (QED) is 0.712. The third kappa shape index (κ3) is 1.72. The van der Waals surface area contributed by atoms with Crippen molar-refractivity contribution in [3.63, 3.8) is 0 Å². The van der Waals surface area contributed by atoms with Gasteiger partial charge in [-0.2, -0.15) is 5.10 Å². The molecule has 0 bridgehead atoms. The van der Waals surface area contributed by atoms with Crippen molar-refractivity contribution in [2.24, 2.45) is 0 Å². The number of hydrogen-bond donors (Lipinski definition) is 0. The van der Waals surface area contributed by atoms with E-state index in [9.17, 15) is 4.39 Å². The van der Waals surface area contributed by atoms with Gasteiger partial charge in [-0.05, 0) is 26.0 Å². The van der Waals surface area contributed by atoms with Crippen LogP contribution in [0.3, 0.4) is 0 Å². The Balaban J connectivity index is 2.04. The second-order valence-corrected chi connectivity index (χ2v) is 4.86. The summed E-state index contributed by atoms with van der Waals surface area (Å²) in [5, 5.41) is 13.3. The molecule has 0 aromatic carbocycles. The van der Waals surface area contributed by atoms with Gasteiger partial charge in [0.05, 0.1) is 12.4 Å². The van der Waals surface area contributed by atoms with E-state index in [1.165, 1.54) is 22.2 Å². The van der Waals surface area contributed by atoms with E-state index >= 15 is 0 Å². The summed E-state index contributed by atoms with van der Waals surface area (Å²) in [4.78, 5) is 0. The van der Waals surface area contributed by atoms with Gasteiger partial charge < -0.3 is 0 Å². The smallest absolute Gasteiger partial charge is 0.234 e. The Morgan fingerprint density at radius 3 is 2.39 bits per heavy atom. The summed E-state index contributed by atoms with van der Waals surface area (Å²) in [6, 6.07) is 4.04. The van der Waals surface area contributed by atoms with Crippen LogP contribution < -0.4 is 0 Å². The number of nitrogens with zero attached hydrogens (tertiary/aromatic N) is 5. The minimum absolute atomic E-state index is 0.389. The van der Waals surface area contributed by atoms with Gasteiger partial charge in [0.1, 0.15) is 0 Å². The van der Waals surface area contributed by atoms with E-state index < -0.39 is 0 Å². The maximum atomic E-state index is 12.9. The molecule has 0 spiro atoms. The molecule has 0 aliphatic heterocycles. The molecule has 0 saturated carbocycles. The lowest BCUT2D eigenvalue weighted by atomic mass is 10.5. The van der Waals surface area contributed by atoms with Crippen LogP contribution in [0.25, 0.3) is 10.3 Å². The average Bonchev–Trinajstić information content (AvgIpc) is 3.00. The molecule has 5 nitrogen and oxygen atoms in total. The van der Waals surface area contributed by atoms with Crippen molar-refractivity contribution < 1.29 is 4.39 Å². The first-order chi connectivity index (χ1) is 8.65. The van der Waals surface area contributed by atoms with Gasteiger partial charge in [0.15, 0.2) is 5.82 Å². The summed E-state index contributed by atoms with van der Waals surface area (Å²) in [5.74, 6) is -0.389. The summed E-state index contributed by atoms with van der Waals surface area (Å²) in [6.45, 7) is 4.00. The van der Waals surface area contributed by atoms with Crippen molar-refractivity contribution in [1.29, 1.82) is 0 Å². The van der Waals surface area contributed by atoms with E-state index in [-0.39, 0.29) is 5.82 Å². The van der Waals surface area contributed by atoms with Crippen LogP contribution in [0.4, 0.5) is 4.39 Å². The molecule has 0 atom stereocenters. The van der Waals surface area contributed by atoms with Crippen molar-refractivity contribution in [3.05, 3.63) is 41.7 Å². The molecule has 18 heavy (non-hydrogen) atoms. The fourth-order valence-corrected chi connectivity index (χ4v) is 2.67. The molecule has 3 rings (SSSR count). The lowest BCUT2D eigenvalue weighted by molar-refractivity contribution is 0.627. The predicted molar refractivity (Wildman–Crippen MR) is 65.8 cm³/mol. The van der Waals surface area contributed by atoms with E-state index in [1.54, 1.807) is 0 Å². The van der Waals surface area contributed by atoms with Crippen LogP contribution in [0.5, 0.6) is 0 Å². The second kappa shape index (κ2) is 4.02. The van der Waals surface area contributed by atoms with E-state index in [0.29, 0.717) is 5.13 Å². The molecule has 3 aromatic heterocycles. The molecule has 0 aliphatic rings. The lowest BCUT2D eigenvalue weighted by Crippen LogP contribution is -1.97. The molecule has 0 saturated heterocycles. The first-order valence-electron chi connectivity index (χ1n) is 5.34. The van der Waals surface area contributed by atoms with Crippen molar-refractivity contribution in [2.75, 3.05) is 0 Å². The van der Waals surface area contributed by atoms with Gasteiger partial charge in [-0.25, -0.2) is 9.07 Å². The van der Waals surface area contributed by atoms with Gasteiger partial charge in [-0.15, -0.1) is 10.2 Å². The van der Waals surface area contributed by atoms with Crippen LogP contribution in [-0.4, -0.2) is 24.5 Å². The van der Waals surface area contributed by atoms with Gasteiger partial charge in [-0.1, -0.05) is 11.3 Å². The third-order valence-corrected chi connectivity index (χ3v) is 3.51. The molecule has 7 heteroatoms. The summed E-state index contributed by atoms with van der Waals surface area (Å²) in [6.07, 6.45) is 2.42. The topological polar surface area (TPSA) is 48.5 Å². The molecular weight excluding hydrogens is 253 g/mol. The highest BCUT2D eigenvalue weighted by atomic mass is 32.1. The Kier molecular flexibility index (Phi) is 2.48. The van der Waals surface area contributed by atoms with Gasteiger partial charge in [0, 0.05) is 11.4 Å². The summed E-state index contributed by atoms with van der Waals surface area (Å²) >= 11 is 1.36. The molecule has 0 fully saturated rings. The van der Waals surface area contributed by atoms with Gasteiger partial charge >= 0.3 is 0 Å². The van der Waals surface area contributed by atoms with Gasteiger partial charge in [0.2, 0.25) is 10.3 Å². The van der Waals surface area contributed by atoms with Crippen LogP contribution in [0.1, 0.15) is 11.4 Å². The van der Waals surface area contributed by atoms with Crippen molar-refractivity contribution >= 4 is 11.3 Å². The maximum absolute atomic E-state index is 12.9. The minimum Gasteiger partial charge on any atom is -0.293 e. The average molecular weight is 263 g/mol. The Bertz CT molecular complexity index is 676. The molecule has 3 aromatic rings. The second-order valence-electron chi connectivity index (χ2n) is 3.92. The van der Waals surface area contributed by atoms with Crippen molar-refractivity contribution in [3.8, 4) is 10.3 Å². The first-order valence-corrected chi connectivity index (χ1v) is 6.16. The Labute approximate surface area is 107 Å². The molecule has 0 aliphatic carbocycles. The molecule has 3 heterocycles. The number of halogens is 1. The minimum atomic E-state index is -0.389. The van der Waals surface area contributed by atoms with Gasteiger partial charge in [-0.3, -0.25) is 4.57 Å². The Hall–Kier alpha value is -2.02. The molecular formula is C11H10FN5S. The van der Waals surface area contributed by atoms with E-state index in [2.05, 4.69) is 15.3 Å². The van der Waals surface area contributed by atoms with Gasteiger partial charge in [0.25, 0.3) is 0 Å². The Morgan fingerprint density at radius 1 is 1.11 bits per heavy atom. The largest absolute Gasteiger partial charge is 0.293 e. The fourth-order valence-electron chi connectivity index (χ4n) is 1.77. The molecule has 0 unspecified atom stereocenters. The standard InChI is InChI=1S/C11H10FN5S/c1-7-3-4-8(2)17(7)11-15-14-10(18-11)16-6-9(12)5-13-16/h3-6H,1-2H3. The highest BCUT2D eigenvalue weighted by molar-refractivity contribution is 7.16. The number of rotatable bonds is 2.